The summed E-state index contributed by atoms with van der Waals surface area (Å²) in [7, 11) is 0. The van der Waals surface area contributed by atoms with E-state index in [0.717, 1.165) is 55.6 Å². The fraction of sp³-hybridized carbons (Fsp3) is 0.308. The van der Waals surface area contributed by atoms with E-state index in [4.69, 9.17) is 4.98 Å². The second kappa shape index (κ2) is 23.3. The number of carbonyl (C=O) groups is 1. The number of fused-ring (bicyclic) bond motifs is 1. The molecule has 1 aromatic heterocycles. The Morgan fingerprint density at radius 3 is 1.39 bits per heavy atom. The molecule has 0 aliphatic heterocycles. The van der Waals surface area contributed by atoms with E-state index in [1.807, 2.05) is 12.3 Å². The number of aliphatic carboxylic acids is 1. The van der Waals surface area contributed by atoms with E-state index in [2.05, 4.69) is 159 Å². The summed E-state index contributed by atoms with van der Waals surface area (Å²) in [5.41, 5.74) is 6.82. The summed E-state index contributed by atoms with van der Waals surface area (Å²) >= 11 is 6.91. The van der Waals surface area contributed by atoms with E-state index in [-0.39, 0.29) is 36.0 Å². The molecule has 5 aromatic carbocycles. The molecular weight excluding hydrogens is 854 g/mol. The largest absolute Gasteiger partial charge is 1.00 e. The van der Waals surface area contributed by atoms with Gasteiger partial charge in [-0.15, -0.1) is 0 Å². The predicted octanol–water partition coefficient (Wildman–Crippen LogP) is 10.6. The van der Waals surface area contributed by atoms with Gasteiger partial charge in [0, 0.05) is 70.2 Å². The molecule has 0 aliphatic carbocycles. The molecule has 0 amide bonds. The van der Waals surface area contributed by atoms with Crippen LogP contribution in [0.5, 0.6) is 0 Å². The van der Waals surface area contributed by atoms with Crippen LogP contribution in [-0.2, 0) is 4.79 Å². The van der Waals surface area contributed by atoms with E-state index in [1.165, 1.54) is 22.3 Å². The van der Waals surface area contributed by atoms with Gasteiger partial charge in [0.25, 0.3) is 0 Å². The third kappa shape index (κ3) is 13.5. The van der Waals surface area contributed by atoms with E-state index in [1.54, 1.807) is 53.1 Å². The van der Waals surface area contributed by atoms with Crippen molar-refractivity contribution in [2.24, 2.45) is 0 Å². The molecule has 318 valence electrons. The summed E-state index contributed by atoms with van der Waals surface area (Å²) in [6.07, 6.45) is 2.33. The quantitative estimate of drug-likeness (QED) is 0.0818. The second-order valence-electron chi connectivity index (χ2n) is 16.7. The van der Waals surface area contributed by atoms with Crippen molar-refractivity contribution in [3.63, 3.8) is 0 Å². The molecular formula is C52H56NNaO4S4. The first-order chi connectivity index (χ1) is 29.1. The van der Waals surface area contributed by atoms with Crippen LogP contribution in [0.4, 0.5) is 0 Å². The number of rotatable bonds is 18. The average molecular weight is 910 g/mol. The van der Waals surface area contributed by atoms with Gasteiger partial charge in [0.2, 0.25) is 0 Å². The van der Waals surface area contributed by atoms with Crippen molar-refractivity contribution < 1.29 is 49.7 Å². The third-order valence-corrected chi connectivity index (χ3v) is 15.2. The van der Waals surface area contributed by atoms with Crippen molar-refractivity contribution in [2.45, 2.75) is 143 Å². The molecule has 6 rings (SSSR count). The van der Waals surface area contributed by atoms with Crippen molar-refractivity contribution in [2.75, 3.05) is 0 Å². The van der Waals surface area contributed by atoms with Crippen LogP contribution in [0, 0.1) is 0 Å². The first-order valence-electron chi connectivity index (χ1n) is 21.0. The molecule has 0 spiro atoms. The summed E-state index contributed by atoms with van der Waals surface area (Å²) in [4.78, 5) is 25.1. The van der Waals surface area contributed by atoms with Gasteiger partial charge in [-0.3, -0.25) is 4.98 Å². The number of carboxylic acids is 1. The predicted molar refractivity (Wildman–Crippen MR) is 256 cm³/mol. The average Bonchev–Trinajstić information content (AvgIpc) is 3.22. The Bertz CT molecular complexity index is 2430. The zero-order valence-electron chi connectivity index (χ0n) is 37.2. The normalized spacial score (nSPS) is 12.8. The van der Waals surface area contributed by atoms with Crippen molar-refractivity contribution in [3.8, 4) is 0 Å². The number of pyridine rings is 1. The van der Waals surface area contributed by atoms with Crippen molar-refractivity contribution in [1.29, 1.82) is 0 Å². The van der Waals surface area contributed by atoms with Gasteiger partial charge in [0.15, 0.2) is 0 Å². The number of aliphatic hydroxyl groups is 2. The molecule has 2 atom stereocenters. The fourth-order valence-corrected chi connectivity index (χ4v) is 11.1. The minimum atomic E-state index is -1.36. The number of hydrogen-bond donors (Lipinski definition) is 2. The van der Waals surface area contributed by atoms with Crippen LogP contribution in [0.1, 0.15) is 120 Å². The molecule has 10 heteroatoms. The van der Waals surface area contributed by atoms with Gasteiger partial charge >= 0.3 is 29.6 Å². The van der Waals surface area contributed by atoms with Crippen LogP contribution in [0.15, 0.2) is 155 Å². The first kappa shape index (κ1) is 50.0. The monoisotopic (exact) mass is 909 g/mol. The fourth-order valence-electron chi connectivity index (χ4n) is 6.77. The number of carbonyl (C=O) groups excluding carboxylic acids is 1. The van der Waals surface area contributed by atoms with E-state index in [9.17, 15) is 20.1 Å². The summed E-state index contributed by atoms with van der Waals surface area (Å²) in [6.45, 7) is 17.7. The topological polar surface area (TPSA) is 93.5 Å². The molecule has 0 fully saturated rings. The molecule has 5 nitrogen and oxygen atoms in total. The van der Waals surface area contributed by atoms with Crippen LogP contribution in [0.25, 0.3) is 17.0 Å². The Balaban J connectivity index is 0.00000726. The Labute approximate surface area is 407 Å². The maximum atomic E-state index is 11.1. The molecule has 0 saturated carbocycles. The molecule has 0 aliphatic rings. The van der Waals surface area contributed by atoms with Gasteiger partial charge in [-0.1, -0.05) is 163 Å². The van der Waals surface area contributed by atoms with Crippen molar-refractivity contribution >= 4 is 70.0 Å². The van der Waals surface area contributed by atoms with E-state index in [0.29, 0.717) is 23.7 Å². The number of benzene rings is 5. The first-order valence-corrected chi connectivity index (χ1v) is 24.3. The zero-order chi connectivity index (χ0) is 43.8. The van der Waals surface area contributed by atoms with Gasteiger partial charge in [-0.25, -0.2) is 0 Å². The molecule has 62 heavy (non-hydrogen) atoms. The number of aromatic nitrogens is 1. The van der Waals surface area contributed by atoms with E-state index >= 15 is 0 Å². The minimum Gasteiger partial charge on any atom is -0.550 e. The summed E-state index contributed by atoms with van der Waals surface area (Å²) < 4.78 is 0. The van der Waals surface area contributed by atoms with E-state index < -0.39 is 24.6 Å². The Morgan fingerprint density at radius 1 is 0.597 bits per heavy atom. The molecule has 0 saturated heterocycles. The van der Waals surface area contributed by atoms with Crippen LogP contribution >= 0.6 is 47.0 Å². The number of nitrogens with zero attached hydrogens (tertiary/aromatic N) is 1. The van der Waals surface area contributed by atoms with Gasteiger partial charge in [-0.2, -0.15) is 0 Å². The Hall–Kier alpha value is -2.96. The van der Waals surface area contributed by atoms with Gasteiger partial charge < -0.3 is 20.1 Å². The Kier molecular flexibility index (Phi) is 18.8. The molecule has 1 heterocycles. The van der Waals surface area contributed by atoms with Gasteiger partial charge in [0.1, 0.15) is 0 Å². The smallest absolute Gasteiger partial charge is 0.550 e. The van der Waals surface area contributed by atoms with Crippen LogP contribution < -0.4 is 34.7 Å². The molecule has 2 N–H and O–H groups in total. The maximum Gasteiger partial charge on any atom is 1.00 e. The SMILES string of the molecule is CC(C)c1ccc(Sc2cc3c(Sc4ccc(C(C)C)cc4)c(/C=C/[C@@H](O)C[C@@H](O)CC(=O)[O-])cnc3c(Sc3ccc(C(C)C)cc3)c2Sc2ccc(C(C)C)cc2)cc1.[Na+]. The summed E-state index contributed by atoms with van der Waals surface area (Å²) in [6, 6.07) is 37.6. The Morgan fingerprint density at radius 2 is 0.984 bits per heavy atom. The van der Waals surface area contributed by atoms with Gasteiger partial charge in [-0.05, 0) is 101 Å². The molecule has 0 bridgehead atoms. The number of carboxylic acid groups (broad SMARTS) is 1. The number of aliphatic hydroxyl groups excluding tert-OH is 2. The van der Waals surface area contributed by atoms with Crippen molar-refractivity contribution in [1.82, 2.24) is 4.98 Å². The standard InChI is InChI=1S/C52H57NO4S4.Na/c1-31(2)35-10-19-42(20-11-35)58-47-29-46-49(52(61-45-25-16-38(17-26-45)34(7)8)51(47)60-44-23-14-37(15-24-44)33(5)6)53-30-39(9-18-40(54)27-41(55)28-48(56)57)50(46)59-43-21-12-36(13-22-43)32(3)4;/h9-26,29-34,40-41,54-55H,27-28H2,1-8H3,(H,56,57);/q;+1/p-1/b18-9+;/t40-,41-;/m1./s1. The number of hydrogen-bond acceptors (Lipinski definition) is 9. The minimum absolute atomic E-state index is 0. The third-order valence-electron chi connectivity index (χ3n) is 10.5. The van der Waals surface area contributed by atoms with Crippen LogP contribution in [0.2, 0.25) is 0 Å². The van der Waals surface area contributed by atoms with Gasteiger partial charge in [0.05, 0.1) is 22.6 Å². The summed E-state index contributed by atoms with van der Waals surface area (Å²) in [5.74, 6) is 0.308. The summed E-state index contributed by atoms with van der Waals surface area (Å²) in [5, 5.41) is 33.3. The maximum absolute atomic E-state index is 11.1. The van der Waals surface area contributed by atoms with Crippen LogP contribution in [-0.4, -0.2) is 33.4 Å². The molecule has 0 radical (unpaired) electrons. The van der Waals surface area contributed by atoms with Crippen LogP contribution in [0.3, 0.4) is 0 Å². The van der Waals surface area contributed by atoms with Crippen molar-refractivity contribution in [3.05, 3.63) is 143 Å². The second-order valence-corrected chi connectivity index (χ2v) is 21.0. The molecule has 6 aromatic rings. The molecule has 0 unspecified atom stereocenters. The zero-order valence-corrected chi connectivity index (χ0v) is 42.5.